The first-order chi connectivity index (χ1) is 23.3. The molecule has 17 heteroatoms. The summed E-state index contributed by atoms with van der Waals surface area (Å²) >= 11 is 0. The van der Waals surface area contributed by atoms with E-state index in [1.54, 1.807) is 26.8 Å². The second-order valence-electron chi connectivity index (χ2n) is 10.3. The SMILES string of the molecule is COC(=O)c1cc(F)c(C(C#N)C(C)(C)C)c(F)c1.COC(=O)c1cc(F)c(CC#N)c(F)c1.COC(=O)c1cc(F)c(F)c(F)c1.O=C=O. The number of esters is 3. The minimum absolute atomic E-state index is 0.214. The Balaban J connectivity index is 0.000000703. The second-order valence-corrected chi connectivity index (χ2v) is 10.3. The number of hydrogen-bond acceptors (Lipinski definition) is 10. The molecule has 0 heterocycles. The fraction of sp³-hybridized carbons (Fsp3) is 0.273. The van der Waals surface area contributed by atoms with Crippen molar-refractivity contribution in [3.63, 3.8) is 0 Å². The number of nitrogens with zero attached hydrogens (tertiary/aromatic N) is 2. The molecule has 3 rings (SSSR count). The van der Waals surface area contributed by atoms with Gasteiger partial charge >= 0.3 is 24.1 Å². The molecule has 0 spiro atoms. The van der Waals surface area contributed by atoms with Crippen molar-refractivity contribution in [1.82, 2.24) is 0 Å². The Kier molecular flexibility index (Phi) is 17.9. The van der Waals surface area contributed by atoms with E-state index in [2.05, 4.69) is 14.2 Å². The minimum Gasteiger partial charge on any atom is -0.465 e. The third-order valence-corrected chi connectivity index (χ3v) is 6.01. The van der Waals surface area contributed by atoms with E-state index in [1.807, 2.05) is 6.07 Å². The van der Waals surface area contributed by atoms with Gasteiger partial charge in [0.2, 0.25) is 0 Å². The number of nitriles is 2. The van der Waals surface area contributed by atoms with Gasteiger partial charge < -0.3 is 14.2 Å². The van der Waals surface area contributed by atoms with Crippen molar-refractivity contribution < 1.29 is 68.9 Å². The number of halogens is 7. The number of rotatable bonds is 5. The van der Waals surface area contributed by atoms with Crippen LogP contribution in [0.5, 0.6) is 0 Å². The molecular formula is C33H27F7N2O8. The van der Waals surface area contributed by atoms with Crippen molar-refractivity contribution >= 4 is 24.1 Å². The number of methoxy groups -OCH3 is 3. The van der Waals surface area contributed by atoms with Crippen molar-refractivity contribution in [2.45, 2.75) is 33.1 Å². The first kappa shape index (κ1) is 43.9. The zero-order valence-corrected chi connectivity index (χ0v) is 27.1. The summed E-state index contributed by atoms with van der Waals surface area (Å²) < 4.78 is 105. The summed E-state index contributed by atoms with van der Waals surface area (Å²) in [7, 11) is 3.29. The predicted octanol–water partition coefficient (Wildman–Crippen LogP) is 6.53. The van der Waals surface area contributed by atoms with E-state index in [0.717, 1.165) is 45.6 Å². The van der Waals surface area contributed by atoms with Crippen LogP contribution >= 0.6 is 0 Å². The van der Waals surface area contributed by atoms with Crippen molar-refractivity contribution in [2.75, 3.05) is 21.3 Å². The van der Waals surface area contributed by atoms with Crippen LogP contribution in [0.25, 0.3) is 0 Å². The number of hydrogen-bond donors (Lipinski definition) is 0. The third-order valence-electron chi connectivity index (χ3n) is 6.01. The summed E-state index contributed by atoms with van der Waals surface area (Å²) in [6.45, 7) is 5.15. The molecule has 266 valence electrons. The van der Waals surface area contributed by atoms with Crippen LogP contribution in [0.1, 0.15) is 68.9 Å². The Bertz CT molecular complexity index is 1750. The Morgan fingerprint density at radius 1 is 0.640 bits per heavy atom. The third kappa shape index (κ3) is 12.5. The van der Waals surface area contributed by atoms with Gasteiger partial charge in [-0.15, -0.1) is 0 Å². The maximum absolute atomic E-state index is 14.0. The molecule has 0 aliphatic heterocycles. The number of carbonyl (C=O) groups excluding carboxylic acids is 5. The van der Waals surface area contributed by atoms with E-state index in [4.69, 9.17) is 20.1 Å². The van der Waals surface area contributed by atoms with Gasteiger partial charge in [0.1, 0.15) is 23.3 Å². The van der Waals surface area contributed by atoms with Gasteiger partial charge in [-0.1, -0.05) is 20.8 Å². The number of ether oxygens (including phenoxy) is 3. The van der Waals surface area contributed by atoms with Crippen LogP contribution in [0, 0.1) is 68.8 Å². The molecule has 0 saturated heterocycles. The molecule has 1 atom stereocenters. The molecule has 3 aromatic rings. The van der Waals surface area contributed by atoms with Gasteiger partial charge in [0.25, 0.3) is 0 Å². The van der Waals surface area contributed by atoms with Crippen LogP contribution in [0.4, 0.5) is 30.7 Å². The van der Waals surface area contributed by atoms with E-state index in [9.17, 15) is 45.1 Å². The van der Waals surface area contributed by atoms with Gasteiger partial charge in [-0.25, -0.2) is 45.1 Å². The van der Waals surface area contributed by atoms with E-state index in [-0.39, 0.29) is 40.4 Å². The Labute approximate surface area is 280 Å². The van der Waals surface area contributed by atoms with Crippen molar-refractivity contribution in [1.29, 1.82) is 10.5 Å². The molecule has 0 fully saturated rings. The fourth-order valence-electron chi connectivity index (χ4n) is 3.66. The number of carbonyl (C=O) groups is 3. The van der Waals surface area contributed by atoms with Crippen LogP contribution in [-0.2, 0) is 30.2 Å². The van der Waals surface area contributed by atoms with Gasteiger partial charge in [0.05, 0.1) is 62.5 Å². The van der Waals surface area contributed by atoms with Crippen LogP contribution in [0.3, 0.4) is 0 Å². The summed E-state index contributed by atoms with van der Waals surface area (Å²) in [5.74, 6) is -11.6. The zero-order chi connectivity index (χ0) is 38.9. The quantitative estimate of drug-likeness (QED) is 0.123. The van der Waals surface area contributed by atoms with Crippen LogP contribution in [-0.4, -0.2) is 45.4 Å². The van der Waals surface area contributed by atoms with Crippen LogP contribution < -0.4 is 0 Å². The van der Waals surface area contributed by atoms with Gasteiger partial charge in [-0.2, -0.15) is 20.1 Å². The molecule has 3 aromatic carbocycles. The fourth-order valence-corrected chi connectivity index (χ4v) is 3.66. The van der Waals surface area contributed by atoms with E-state index in [0.29, 0.717) is 12.1 Å². The van der Waals surface area contributed by atoms with Crippen LogP contribution in [0.2, 0.25) is 0 Å². The van der Waals surface area contributed by atoms with E-state index >= 15 is 0 Å². The highest BCUT2D eigenvalue weighted by molar-refractivity contribution is 5.90. The van der Waals surface area contributed by atoms with Crippen molar-refractivity contribution in [3.8, 4) is 12.1 Å². The Morgan fingerprint density at radius 3 is 1.20 bits per heavy atom. The lowest BCUT2D eigenvalue weighted by Gasteiger charge is -2.25. The van der Waals surface area contributed by atoms with Crippen molar-refractivity contribution in [3.05, 3.63) is 105 Å². The molecule has 0 amide bonds. The van der Waals surface area contributed by atoms with Gasteiger partial charge in [-0.05, 0) is 41.8 Å². The summed E-state index contributed by atoms with van der Waals surface area (Å²) in [6, 6.07) is 8.16. The minimum atomic E-state index is -1.60. The summed E-state index contributed by atoms with van der Waals surface area (Å²) in [4.78, 5) is 49.2. The van der Waals surface area contributed by atoms with Gasteiger partial charge in [0.15, 0.2) is 17.5 Å². The highest BCUT2D eigenvalue weighted by atomic mass is 19.2. The summed E-state index contributed by atoms with van der Waals surface area (Å²) in [6.07, 6.45) is -0.126. The molecule has 0 aliphatic rings. The zero-order valence-electron chi connectivity index (χ0n) is 27.1. The van der Waals surface area contributed by atoms with Crippen LogP contribution in [0.15, 0.2) is 36.4 Å². The second kappa shape index (κ2) is 20.3. The first-order valence-electron chi connectivity index (χ1n) is 13.4. The highest BCUT2D eigenvalue weighted by Crippen LogP contribution is 2.37. The monoisotopic (exact) mass is 712 g/mol. The normalized spacial score (nSPS) is 10.4. The number of benzene rings is 3. The predicted molar refractivity (Wildman–Crippen MR) is 155 cm³/mol. The molecule has 0 bridgehead atoms. The average molecular weight is 713 g/mol. The molecule has 0 aliphatic carbocycles. The molecule has 0 N–H and O–H groups in total. The standard InChI is InChI=1S/C14H15F2NO2.C10H7F2NO2.C8H5F3O2.CO2/c1-14(2,3)9(7-17)12-10(15)5-8(6-11(12)16)13(18)19-4;1-15-10(14)6-4-8(11)7(2-3-13)9(12)5-6;1-13-8(12)4-2-5(9)7(11)6(10)3-4;2-1-3/h5-6,9H,1-4H3;4-5H,2H2,1H3;2-3H,1H3;. The average Bonchev–Trinajstić information content (AvgIpc) is 3.05. The Morgan fingerprint density at radius 2 is 0.940 bits per heavy atom. The maximum atomic E-state index is 14.0. The summed E-state index contributed by atoms with van der Waals surface area (Å²) in [5, 5.41) is 17.4. The largest absolute Gasteiger partial charge is 0.465 e. The molecule has 1 unspecified atom stereocenters. The molecule has 10 nitrogen and oxygen atoms in total. The van der Waals surface area contributed by atoms with Crippen molar-refractivity contribution in [2.24, 2.45) is 5.41 Å². The summed E-state index contributed by atoms with van der Waals surface area (Å²) in [5.41, 5.74) is -2.07. The lowest BCUT2D eigenvalue weighted by molar-refractivity contribution is -0.191. The smallest absolute Gasteiger partial charge is 0.373 e. The van der Waals surface area contributed by atoms with Gasteiger partial charge in [0, 0.05) is 11.1 Å². The molecule has 0 aromatic heterocycles. The molecule has 0 saturated carbocycles. The topological polar surface area (TPSA) is 161 Å². The van der Waals surface area contributed by atoms with E-state index in [1.165, 1.54) is 0 Å². The molecule has 0 radical (unpaired) electrons. The lowest BCUT2D eigenvalue weighted by atomic mass is 9.77. The maximum Gasteiger partial charge on any atom is 0.373 e. The Hall–Kier alpha value is -6.06. The molecule has 50 heavy (non-hydrogen) atoms. The van der Waals surface area contributed by atoms with Gasteiger partial charge in [-0.3, -0.25) is 0 Å². The lowest BCUT2D eigenvalue weighted by Crippen LogP contribution is -2.20. The first-order valence-corrected chi connectivity index (χ1v) is 13.4. The molecular weight excluding hydrogens is 685 g/mol. The highest BCUT2D eigenvalue weighted by Gasteiger charge is 2.32. The van der Waals surface area contributed by atoms with E-state index < -0.39 is 70.0 Å².